The Kier molecular flexibility index (Phi) is 5.48. The second kappa shape index (κ2) is 6.90. The summed E-state index contributed by atoms with van der Waals surface area (Å²) in [6.45, 7) is 1.63. The summed E-state index contributed by atoms with van der Waals surface area (Å²) < 4.78 is 10.6. The number of halogens is 1. The number of hydrogen-bond donors (Lipinski definition) is 1. The van der Waals surface area contributed by atoms with Crippen molar-refractivity contribution in [1.82, 2.24) is 5.32 Å². The third-order valence-electron chi connectivity index (χ3n) is 1.68. The molecule has 17 heavy (non-hydrogen) atoms. The molecule has 0 radical (unpaired) electrons. The van der Waals surface area contributed by atoms with E-state index in [0.29, 0.717) is 5.75 Å². The highest BCUT2D eigenvalue weighted by Crippen LogP contribution is 2.17. The largest absolute Gasteiger partial charge is 0.484 e. The third kappa shape index (κ3) is 5.35. The maximum Gasteiger partial charge on any atom is 0.413 e. The smallest absolute Gasteiger partial charge is 0.413 e. The van der Waals surface area contributed by atoms with Gasteiger partial charge in [-0.1, -0.05) is 22.0 Å². The lowest BCUT2D eigenvalue weighted by Crippen LogP contribution is -2.34. The standard InChI is InChI=1S/C11H12BrNO4/c1-2-16-11(15)13-10(14)7-17-9-5-3-4-8(12)6-9/h3-6H,2,7H2,1H3,(H,13,14,15). The molecule has 0 saturated carbocycles. The fraction of sp³-hybridized carbons (Fsp3) is 0.273. The molecule has 0 bridgehead atoms. The lowest BCUT2D eigenvalue weighted by molar-refractivity contribution is -0.122. The topological polar surface area (TPSA) is 64.6 Å². The molecule has 0 atom stereocenters. The van der Waals surface area contributed by atoms with E-state index in [1.807, 2.05) is 11.4 Å². The molecular weight excluding hydrogens is 290 g/mol. The quantitative estimate of drug-likeness (QED) is 0.925. The fourth-order valence-corrected chi connectivity index (χ4v) is 1.40. The number of carbonyl (C=O) groups is 2. The Morgan fingerprint density at radius 3 is 2.82 bits per heavy atom. The molecule has 92 valence electrons. The number of ether oxygens (including phenoxy) is 2. The first-order valence-electron chi connectivity index (χ1n) is 4.96. The lowest BCUT2D eigenvalue weighted by Gasteiger charge is -2.06. The van der Waals surface area contributed by atoms with Gasteiger partial charge in [0.1, 0.15) is 5.75 Å². The van der Waals surface area contributed by atoms with E-state index in [2.05, 4.69) is 20.7 Å². The molecule has 0 spiro atoms. The first-order valence-corrected chi connectivity index (χ1v) is 5.76. The minimum atomic E-state index is -0.768. The normalized spacial score (nSPS) is 9.53. The van der Waals surface area contributed by atoms with Crippen molar-refractivity contribution in [3.05, 3.63) is 28.7 Å². The van der Waals surface area contributed by atoms with Crippen molar-refractivity contribution in [2.75, 3.05) is 13.2 Å². The number of carbonyl (C=O) groups excluding carboxylic acids is 2. The van der Waals surface area contributed by atoms with E-state index in [1.54, 1.807) is 25.1 Å². The summed E-state index contributed by atoms with van der Waals surface area (Å²) in [5.74, 6) is -0.0122. The van der Waals surface area contributed by atoms with Gasteiger partial charge in [-0.05, 0) is 25.1 Å². The van der Waals surface area contributed by atoms with Gasteiger partial charge in [-0.25, -0.2) is 4.79 Å². The monoisotopic (exact) mass is 301 g/mol. The van der Waals surface area contributed by atoms with Crippen molar-refractivity contribution < 1.29 is 19.1 Å². The lowest BCUT2D eigenvalue weighted by atomic mass is 10.3. The summed E-state index contributed by atoms with van der Waals surface area (Å²) in [6, 6.07) is 7.05. The van der Waals surface area contributed by atoms with Crippen LogP contribution in [0.3, 0.4) is 0 Å². The van der Waals surface area contributed by atoms with Gasteiger partial charge in [0.05, 0.1) is 6.61 Å². The maximum atomic E-state index is 11.2. The summed E-state index contributed by atoms with van der Waals surface area (Å²) in [5, 5.41) is 2.03. The van der Waals surface area contributed by atoms with Gasteiger partial charge in [0.25, 0.3) is 5.91 Å². The zero-order chi connectivity index (χ0) is 12.7. The van der Waals surface area contributed by atoms with E-state index >= 15 is 0 Å². The first kappa shape index (κ1) is 13.5. The van der Waals surface area contributed by atoms with Crippen LogP contribution in [0.4, 0.5) is 4.79 Å². The summed E-state index contributed by atoms with van der Waals surface area (Å²) >= 11 is 3.28. The zero-order valence-corrected chi connectivity index (χ0v) is 10.8. The molecule has 0 fully saturated rings. The Morgan fingerprint density at radius 2 is 2.18 bits per heavy atom. The fourth-order valence-electron chi connectivity index (χ4n) is 1.02. The van der Waals surface area contributed by atoms with Gasteiger partial charge < -0.3 is 9.47 Å². The summed E-state index contributed by atoms with van der Waals surface area (Å²) in [5.41, 5.74) is 0. The highest BCUT2D eigenvalue weighted by molar-refractivity contribution is 9.10. The Balaban J connectivity index is 2.35. The molecule has 1 aromatic carbocycles. The molecule has 1 rings (SSSR count). The van der Waals surface area contributed by atoms with Crippen LogP contribution in [-0.2, 0) is 9.53 Å². The molecule has 0 aliphatic rings. The second-order valence-electron chi connectivity index (χ2n) is 3.01. The van der Waals surface area contributed by atoms with Crippen LogP contribution in [0.2, 0.25) is 0 Å². The maximum absolute atomic E-state index is 11.2. The first-order chi connectivity index (χ1) is 8.11. The molecule has 2 amide bonds. The van der Waals surface area contributed by atoms with Crippen LogP contribution >= 0.6 is 15.9 Å². The number of benzene rings is 1. The van der Waals surface area contributed by atoms with Crippen molar-refractivity contribution in [3.8, 4) is 5.75 Å². The average Bonchev–Trinajstić information content (AvgIpc) is 2.27. The van der Waals surface area contributed by atoms with Gasteiger partial charge in [-0.15, -0.1) is 0 Å². The number of rotatable bonds is 4. The molecule has 0 heterocycles. The molecule has 0 aliphatic heterocycles. The van der Waals surface area contributed by atoms with Crippen molar-refractivity contribution in [1.29, 1.82) is 0 Å². The highest BCUT2D eigenvalue weighted by Gasteiger charge is 2.08. The van der Waals surface area contributed by atoms with Crippen molar-refractivity contribution >= 4 is 27.9 Å². The van der Waals surface area contributed by atoms with E-state index in [-0.39, 0.29) is 13.2 Å². The number of alkyl carbamates (subject to hydrolysis) is 1. The van der Waals surface area contributed by atoms with Crippen LogP contribution in [0.1, 0.15) is 6.92 Å². The molecule has 0 saturated heterocycles. The SMILES string of the molecule is CCOC(=O)NC(=O)COc1cccc(Br)c1. The molecule has 6 heteroatoms. The predicted molar refractivity (Wildman–Crippen MR) is 64.8 cm³/mol. The molecular formula is C11H12BrNO4. The minimum Gasteiger partial charge on any atom is -0.484 e. The highest BCUT2D eigenvalue weighted by atomic mass is 79.9. The van der Waals surface area contributed by atoms with E-state index in [4.69, 9.17) is 4.74 Å². The number of nitrogens with one attached hydrogen (secondary N) is 1. The second-order valence-corrected chi connectivity index (χ2v) is 3.93. The Morgan fingerprint density at radius 1 is 1.41 bits per heavy atom. The predicted octanol–water partition coefficient (Wildman–Crippen LogP) is 2.10. The molecule has 1 aromatic rings. The van der Waals surface area contributed by atoms with Gasteiger partial charge in [0.2, 0.25) is 0 Å². The van der Waals surface area contributed by atoms with Crippen molar-refractivity contribution in [2.24, 2.45) is 0 Å². The number of amides is 2. The van der Waals surface area contributed by atoms with Gasteiger partial charge >= 0.3 is 6.09 Å². The van der Waals surface area contributed by atoms with Crippen molar-refractivity contribution in [3.63, 3.8) is 0 Å². The van der Waals surface area contributed by atoms with Crippen LogP contribution in [0.5, 0.6) is 5.75 Å². The molecule has 0 aromatic heterocycles. The van der Waals surface area contributed by atoms with E-state index < -0.39 is 12.0 Å². The van der Waals surface area contributed by atoms with E-state index in [0.717, 1.165) is 4.47 Å². The van der Waals surface area contributed by atoms with Crippen LogP contribution in [-0.4, -0.2) is 25.2 Å². The van der Waals surface area contributed by atoms with Crippen molar-refractivity contribution in [2.45, 2.75) is 6.92 Å². The number of hydrogen-bond acceptors (Lipinski definition) is 4. The van der Waals surface area contributed by atoms with Crippen LogP contribution < -0.4 is 10.1 Å². The van der Waals surface area contributed by atoms with Crippen LogP contribution in [0.15, 0.2) is 28.7 Å². The molecule has 0 unspecified atom stereocenters. The van der Waals surface area contributed by atoms with E-state index in [9.17, 15) is 9.59 Å². The summed E-state index contributed by atoms with van der Waals surface area (Å²) in [6.07, 6.45) is -0.768. The Bertz CT molecular complexity index is 408. The van der Waals surface area contributed by atoms with Gasteiger partial charge in [0, 0.05) is 4.47 Å². The van der Waals surface area contributed by atoms with Gasteiger partial charge in [-0.2, -0.15) is 0 Å². The Hall–Kier alpha value is -1.56. The number of imide groups is 1. The van der Waals surface area contributed by atoms with Crippen LogP contribution in [0.25, 0.3) is 0 Å². The molecule has 1 N–H and O–H groups in total. The van der Waals surface area contributed by atoms with Gasteiger partial charge in [-0.3, -0.25) is 10.1 Å². The Labute approximate surface area is 107 Å². The minimum absolute atomic E-state index is 0.214. The van der Waals surface area contributed by atoms with Crippen LogP contribution in [0, 0.1) is 0 Å². The molecule has 5 nitrogen and oxygen atoms in total. The summed E-state index contributed by atoms with van der Waals surface area (Å²) in [4.78, 5) is 22.1. The van der Waals surface area contributed by atoms with Gasteiger partial charge in [0.15, 0.2) is 6.61 Å². The molecule has 0 aliphatic carbocycles. The summed E-state index contributed by atoms with van der Waals surface area (Å²) in [7, 11) is 0. The third-order valence-corrected chi connectivity index (χ3v) is 2.18. The zero-order valence-electron chi connectivity index (χ0n) is 9.23. The average molecular weight is 302 g/mol. The van der Waals surface area contributed by atoms with E-state index in [1.165, 1.54) is 0 Å².